The molecule has 0 spiro atoms. The van der Waals surface area contributed by atoms with Gasteiger partial charge in [0.05, 0.1) is 30.0 Å². The van der Waals surface area contributed by atoms with Gasteiger partial charge in [0.1, 0.15) is 5.82 Å². The minimum Gasteiger partial charge on any atom is -0.383 e. The molecule has 6 nitrogen and oxygen atoms in total. The number of nitrogens with zero attached hydrogens (tertiary/aromatic N) is 3. The Bertz CT molecular complexity index is 1730. The number of aryl methyl sites for hydroxylation is 3. The van der Waals surface area contributed by atoms with Gasteiger partial charge in [-0.25, -0.2) is 9.07 Å². The molecule has 246 valence electrons. The Morgan fingerprint density at radius 3 is 2.57 bits per heavy atom. The van der Waals surface area contributed by atoms with Crippen LogP contribution in [0.4, 0.5) is 17.6 Å². The van der Waals surface area contributed by atoms with Crippen LogP contribution < -0.4 is 0 Å². The number of carbonyl (C=O) groups is 1. The van der Waals surface area contributed by atoms with E-state index in [1.165, 1.54) is 18.2 Å². The van der Waals surface area contributed by atoms with Crippen LogP contribution in [0.15, 0.2) is 60.8 Å². The third-order valence-electron chi connectivity index (χ3n) is 9.25. The van der Waals surface area contributed by atoms with Gasteiger partial charge in [0.25, 0.3) is 5.91 Å². The van der Waals surface area contributed by atoms with Crippen LogP contribution in [0.1, 0.15) is 72.1 Å². The fourth-order valence-electron chi connectivity index (χ4n) is 6.99. The van der Waals surface area contributed by atoms with Crippen LogP contribution >= 0.6 is 0 Å². The molecule has 0 saturated carbocycles. The van der Waals surface area contributed by atoms with Crippen molar-refractivity contribution >= 4 is 16.8 Å². The van der Waals surface area contributed by atoms with E-state index in [1.807, 2.05) is 30.0 Å². The Balaban J connectivity index is 1.43. The Labute approximate surface area is 267 Å². The van der Waals surface area contributed by atoms with Crippen molar-refractivity contribution in [3.05, 3.63) is 94.4 Å². The SMILES string of the molecule is COC[C@@H]1CCCN1C(=O)c1cccc(-n2ncc3c(CCC(O)(CC(C)(C)c4cc(F)ccc4C)C(F)(F)F)cc(C)cc32)c1. The number of carbonyl (C=O) groups excluding carboxylic acids is 1. The van der Waals surface area contributed by atoms with Crippen molar-refractivity contribution in [1.29, 1.82) is 0 Å². The number of aliphatic hydroxyl groups is 1. The summed E-state index contributed by atoms with van der Waals surface area (Å²) in [6.45, 7) is 7.91. The molecule has 46 heavy (non-hydrogen) atoms. The molecule has 2 heterocycles. The zero-order valence-electron chi connectivity index (χ0n) is 26.9. The molecule has 1 saturated heterocycles. The number of hydrogen-bond acceptors (Lipinski definition) is 4. The molecule has 0 bridgehead atoms. The van der Waals surface area contributed by atoms with Gasteiger partial charge in [-0.2, -0.15) is 18.3 Å². The maximum absolute atomic E-state index is 14.6. The Hall–Kier alpha value is -3.76. The normalized spacial score (nSPS) is 17.1. The number of methoxy groups -OCH3 is 1. The first-order chi connectivity index (χ1) is 21.6. The van der Waals surface area contributed by atoms with E-state index in [0.29, 0.717) is 52.0 Å². The van der Waals surface area contributed by atoms with Gasteiger partial charge >= 0.3 is 6.18 Å². The van der Waals surface area contributed by atoms with Crippen LogP contribution in [0.25, 0.3) is 16.6 Å². The zero-order chi connectivity index (χ0) is 33.4. The average molecular weight is 640 g/mol. The molecule has 4 aromatic rings. The zero-order valence-corrected chi connectivity index (χ0v) is 26.9. The Morgan fingerprint density at radius 1 is 1.09 bits per heavy atom. The molecule has 2 atom stereocenters. The highest BCUT2D eigenvalue weighted by molar-refractivity contribution is 5.95. The minimum absolute atomic E-state index is 0.0238. The van der Waals surface area contributed by atoms with E-state index in [2.05, 4.69) is 5.10 Å². The predicted octanol–water partition coefficient (Wildman–Crippen LogP) is 7.63. The highest BCUT2D eigenvalue weighted by Gasteiger charge is 2.55. The summed E-state index contributed by atoms with van der Waals surface area (Å²) in [5, 5.41) is 16.5. The summed E-state index contributed by atoms with van der Waals surface area (Å²) in [6.07, 6.45) is -2.78. The third-order valence-corrected chi connectivity index (χ3v) is 9.25. The van der Waals surface area contributed by atoms with Crippen molar-refractivity contribution in [1.82, 2.24) is 14.7 Å². The number of fused-ring (bicyclic) bond motifs is 1. The predicted molar refractivity (Wildman–Crippen MR) is 170 cm³/mol. The second kappa shape index (κ2) is 12.8. The molecule has 10 heteroatoms. The third kappa shape index (κ3) is 6.69. The lowest BCUT2D eigenvalue weighted by molar-refractivity contribution is -0.269. The van der Waals surface area contributed by atoms with Gasteiger partial charge in [-0.15, -0.1) is 0 Å². The monoisotopic (exact) mass is 639 g/mol. The Kier molecular flexibility index (Phi) is 9.35. The van der Waals surface area contributed by atoms with Crippen molar-refractivity contribution < 1.29 is 32.2 Å². The molecular weight excluding hydrogens is 598 g/mol. The molecular formula is C36H41F4N3O3. The van der Waals surface area contributed by atoms with E-state index in [9.17, 15) is 27.5 Å². The lowest BCUT2D eigenvalue weighted by Crippen LogP contribution is -2.49. The second-order valence-corrected chi connectivity index (χ2v) is 13.3. The van der Waals surface area contributed by atoms with Crippen LogP contribution in [-0.2, 0) is 16.6 Å². The molecule has 1 aliphatic rings. The van der Waals surface area contributed by atoms with Crippen LogP contribution in [0, 0.1) is 19.7 Å². The van der Waals surface area contributed by atoms with E-state index >= 15 is 0 Å². The first-order valence-corrected chi connectivity index (χ1v) is 15.6. The number of amides is 1. The number of benzene rings is 3. The van der Waals surface area contributed by atoms with Crippen LogP contribution in [0.5, 0.6) is 0 Å². The molecule has 1 aliphatic heterocycles. The summed E-state index contributed by atoms with van der Waals surface area (Å²) >= 11 is 0. The fraction of sp³-hybridized carbons (Fsp3) is 0.444. The fourth-order valence-corrected chi connectivity index (χ4v) is 6.99. The maximum Gasteiger partial charge on any atom is 0.417 e. The van der Waals surface area contributed by atoms with Gasteiger partial charge in [-0.05, 0) is 110 Å². The Morgan fingerprint density at radius 2 is 1.85 bits per heavy atom. The summed E-state index contributed by atoms with van der Waals surface area (Å²) < 4.78 is 64.7. The van der Waals surface area contributed by atoms with E-state index < -0.39 is 35.9 Å². The van der Waals surface area contributed by atoms with Crippen LogP contribution in [-0.4, -0.2) is 63.8 Å². The maximum atomic E-state index is 14.6. The van der Waals surface area contributed by atoms with Gasteiger partial charge in [-0.3, -0.25) is 4.79 Å². The average Bonchev–Trinajstić information content (AvgIpc) is 3.63. The second-order valence-electron chi connectivity index (χ2n) is 13.3. The lowest BCUT2D eigenvalue weighted by Gasteiger charge is -2.38. The molecule has 1 fully saturated rings. The van der Waals surface area contributed by atoms with E-state index in [0.717, 1.165) is 18.4 Å². The number of ether oxygens (including phenoxy) is 1. The quantitative estimate of drug-likeness (QED) is 0.181. The summed E-state index contributed by atoms with van der Waals surface area (Å²) in [4.78, 5) is 15.3. The number of halogens is 4. The molecule has 0 radical (unpaired) electrons. The van der Waals surface area contributed by atoms with Crippen molar-refractivity contribution in [3.8, 4) is 5.69 Å². The van der Waals surface area contributed by atoms with Crippen molar-refractivity contribution in [2.24, 2.45) is 0 Å². The van der Waals surface area contributed by atoms with Crippen molar-refractivity contribution in [3.63, 3.8) is 0 Å². The highest BCUT2D eigenvalue weighted by atomic mass is 19.4. The van der Waals surface area contributed by atoms with Crippen molar-refractivity contribution in [2.75, 3.05) is 20.3 Å². The standard InChI is InChI=1S/C36H41F4N3O3/c1-23-16-25(13-14-35(45,36(38,39)40)22-34(3,4)31-19-27(37)12-11-24(31)2)30-20-41-43(32(30)17-23)28-9-6-8-26(18-28)33(44)42-15-7-10-29(42)21-46-5/h6,8-9,11-12,16-20,29,45H,7,10,13-15,21-22H2,1-5H3/t29-,35?/m0/s1. The van der Waals surface area contributed by atoms with Gasteiger partial charge < -0.3 is 14.7 Å². The molecule has 1 aromatic heterocycles. The highest BCUT2D eigenvalue weighted by Crippen LogP contribution is 2.44. The number of aromatic nitrogens is 2. The molecule has 1 amide bonds. The summed E-state index contributed by atoms with van der Waals surface area (Å²) in [5.41, 5.74) is 0.194. The molecule has 3 aromatic carbocycles. The molecule has 5 rings (SSSR count). The largest absolute Gasteiger partial charge is 0.417 e. The van der Waals surface area contributed by atoms with E-state index in [-0.39, 0.29) is 18.4 Å². The summed E-state index contributed by atoms with van der Waals surface area (Å²) in [5.74, 6) is -0.623. The summed E-state index contributed by atoms with van der Waals surface area (Å²) in [7, 11) is 1.62. The van der Waals surface area contributed by atoms with Gasteiger partial charge in [0.15, 0.2) is 5.60 Å². The van der Waals surface area contributed by atoms with Crippen LogP contribution in [0.3, 0.4) is 0 Å². The number of likely N-dealkylation sites (tertiary alicyclic amines) is 1. The van der Waals surface area contributed by atoms with Gasteiger partial charge in [0, 0.05) is 24.6 Å². The number of hydrogen-bond donors (Lipinski definition) is 1. The first kappa shape index (κ1) is 33.6. The van der Waals surface area contributed by atoms with Crippen LogP contribution in [0.2, 0.25) is 0 Å². The number of alkyl halides is 3. The summed E-state index contributed by atoms with van der Waals surface area (Å²) in [6, 6.07) is 15.0. The van der Waals surface area contributed by atoms with Gasteiger partial charge in [0.2, 0.25) is 0 Å². The molecule has 1 unspecified atom stereocenters. The molecule has 1 N–H and O–H groups in total. The number of rotatable bonds is 10. The van der Waals surface area contributed by atoms with E-state index in [1.54, 1.807) is 57.0 Å². The van der Waals surface area contributed by atoms with Crippen molar-refractivity contribution in [2.45, 2.75) is 83.0 Å². The van der Waals surface area contributed by atoms with E-state index in [4.69, 9.17) is 4.74 Å². The molecule has 0 aliphatic carbocycles. The van der Waals surface area contributed by atoms with Gasteiger partial charge in [-0.1, -0.05) is 32.0 Å². The lowest BCUT2D eigenvalue weighted by atomic mass is 9.72. The minimum atomic E-state index is -4.91. The smallest absolute Gasteiger partial charge is 0.383 e. The topological polar surface area (TPSA) is 67.6 Å². The first-order valence-electron chi connectivity index (χ1n) is 15.6.